The van der Waals surface area contributed by atoms with Crippen molar-refractivity contribution in [2.24, 2.45) is 0 Å². The Morgan fingerprint density at radius 2 is 1.76 bits per heavy atom. The average Bonchev–Trinajstić information content (AvgIpc) is 2.36. The van der Waals surface area contributed by atoms with Gasteiger partial charge >= 0.3 is 6.18 Å². The molecule has 0 atom stereocenters. The summed E-state index contributed by atoms with van der Waals surface area (Å²) in [6.07, 6.45) is -2.61. The van der Waals surface area contributed by atoms with Gasteiger partial charge in [-0.2, -0.15) is 13.2 Å². The molecule has 0 radical (unpaired) electrons. The normalized spacial score (nSPS) is 11.5. The van der Waals surface area contributed by atoms with E-state index in [0.29, 0.717) is 5.56 Å². The highest BCUT2D eigenvalue weighted by Gasteiger charge is 2.35. The lowest BCUT2D eigenvalue weighted by molar-refractivity contribution is -0.138. The molecule has 110 valence electrons. The number of aryl methyl sites for hydroxylation is 2. The summed E-state index contributed by atoms with van der Waals surface area (Å²) < 4.78 is 38.7. The van der Waals surface area contributed by atoms with E-state index in [-0.39, 0.29) is 12.0 Å². The first-order valence-electron chi connectivity index (χ1n) is 6.39. The molecule has 0 fully saturated rings. The quantitative estimate of drug-likeness (QED) is 0.796. The van der Waals surface area contributed by atoms with Crippen LogP contribution in [0.2, 0.25) is 0 Å². The maximum atomic E-state index is 12.9. The fourth-order valence-electron chi connectivity index (χ4n) is 2.32. The number of hydrogen-bond acceptors (Lipinski definition) is 2. The van der Waals surface area contributed by atoms with Crippen molar-refractivity contribution in [2.45, 2.75) is 26.4 Å². The summed E-state index contributed by atoms with van der Waals surface area (Å²) in [5, 5.41) is 0. The third-order valence-electron chi connectivity index (χ3n) is 3.07. The topological polar surface area (TPSA) is 30.0 Å². The molecule has 1 aromatic carbocycles. The minimum Gasteiger partial charge on any atom is -0.294 e. The molecule has 0 N–H and O–H groups in total. The molecule has 0 aliphatic rings. The molecule has 0 aliphatic heterocycles. The maximum Gasteiger partial charge on any atom is 0.417 e. The Balaban J connectivity index is 2.33. The van der Waals surface area contributed by atoms with Crippen LogP contribution in [0.5, 0.6) is 0 Å². The van der Waals surface area contributed by atoms with E-state index in [0.717, 1.165) is 29.6 Å². The lowest BCUT2D eigenvalue weighted by atomic mass is 9.98. The van der Waals surface area contributed by atoms with Gasteiger partial charge in [0.1, 0.15) is 0 Å². The van der Waals surface area contributed by atoms with Crippen molar-refractivity contribution < 1.29 is 18.0 Å². The summed E-state index contributed by atoms with van der Waals surface area (Å²) in [6.45, 7) is 3.76. The van der Waals surface area contributed by atoms with E-state index in [9.17, 15) is 18.0 Å². The van der Waals surface area contributed by atoms with E-state index in [1.807, 2.05) is 19.9 Å². The molecular formula is C16H14F3NO. The van der Waals surface area contributed by atoms with Crippen LogP contribution < -0.4 is 0 Å². The number of pyridine rings is 1. The van der Waals surface area contributed by atoms with E-state index in [2.05, 4.69) is 4.98 Å². The van der Waals surface area contributed by atoms with E-state index >= 15 is 0 Å². The molecule has 1 heterocycles. The zero-order valence-corrected chi connectivity index (χ0v) is 11.7. The van der Waals surface area contributed by atoms with Crippen molar-refractivity contribution in [3.05, 3.63) is 64.5 Å². The summed E-state index contributed by atoms with van der Waals surface area (Å²) in [4.78, 5) is 15.8. The van der Waals surface area contributed by atoms with Crippen molar-refractivity contribution in [3.8, 4) is 0 Å². The van der Waals surface area contributed by atoms with E-state index in [1.165, 1.54) is 0 Å². The van der Waals surface area contributed by atoms with Crippen LogP contribution in [0, 0.1) is 13.8 Å². The smallest absolute Gasteiger partial charge is 0.294 e. The number of rotatable bonds is 3. The summed E-state index contributed by atoms with van der Waals surface area (Å²) in [5.74, 6) is -0.583. The first kappa shape index (κ1) is 15.2. The fourth-order valence-corrected chi connectivity index (χ4v) is 2.32. The first-order valence-corrected chi connectivity index (χ1v) is 6.39. The number of ketones is 1. The molecule has 0 spiro atoms. The second kappa shape index (κ2) is 5.68. The Hall–Kier alpha value is -2.17. The molecule has 0 bridgehead atoms. The van der Waals surface area contributed by atoms with Gasteiger partial charge < -0.3 is 0 Å². The number of carbonyl (C=O) groups is 1. The lowest BCUT2D eigenvalue weighted by Crippen LogP contribution is -2.15. The molecule has 0 saturated carbocycles. The summed E-state index contributed by atoms with van der Waals surface area (Å²) in [6, 6.07) is 6.37. The van der Waals surface area contributed by atoms with Crippen LogP contribution in [-0.2, 0) is 12.6 Å². The number of Topliss-reactive ketones (excluding diaryl/α,β-unsaturated/α-hetero) is 1. The summed E-state index contributed by atoms with van der Waals surface area (Å²) >= 11 is 0. The second-order valence-corrected chi connectivity index (χ2v) is 5.01. The Kier molecular flexibility index (Phi) is 4.11. The number of hydrogen-bond donors (Lipinski definition) is 0. The van der Waals surface area contributed by atoms with Gasteiger partial charge in [-0.3, -0.25) is 9.78 Å². The van der Waals surface area contributed by atoms with Gasteiger partial charge in [-0.25, -0.2) is 0 Å². The zero-order chi connectivity index (χ0) is 15.6. The molecule has 2 nitrogen and oxygen atoms in total. The van der Waals surface area contributed by atoms with Crippen LogP contribution in [0.25, 0.3) is 0 Å². The van der Waals surface area contributed by atoms with Crippen LogP contribution in [0.1, 0.15) is 32.6 Å². The van der Waals surface area contributed by atoms with Crippen LogP contribution in [0.3, 0.4) is 0 Å². The van der Waals surface area contributed by atoms with Crippen molar-refractivity contribution in [1.29, 1.82) is 0 Å². The Morgan fingerprint density at radius 3 is 2.33 bits per heavy atom. The third kappa shape index (κ3) is 3.68. The molecule has 0 unspecified atom stereocenters. The predicted molar refractivity (Wildman–Crippen MR) is 73.2 cm³/mol. The van der Waals surface area contributed by atoms with Gasteiger partial charge in [0.2, 0.25) is 0 Å². The molecule has 21 heavy (non-hydrogen) atoms. The highest BCUT2D eigenvalue weighted by Crippen LogP contribution is 2.32. The maximum absolute atomic E-state index is 12.9. The van der Waals surface area contributed by atoms with Crippen molar-refractivity contribution in [3.63, 3.8) is 0 Å². The number of halogens is 3. The fraction of sp³-hybridized carbons (Fsp3) is 0.250. The van der Waals surface area contributed by atoms with Gasteiger partial charge in [0, 0.05) is 24.4 Å². The predicted octanol–water partition coefficient (Wildman–Crippen LogP) is 4.14. The molecule has 1 aromatic heterocycles. The van der Waals surface area contributed by atoms with Crippen molar-refractivity contribution in [1.82, 2.24) is 4.98 Å². The van der Waals surface area contributed by atoms with Crippen molar-refractivity contribution in [2.75, 3.05) is 0 Å². The monoisotopic (exact) mass is 293 g/mol. The second-order valence-electron chi connectivity index (χ2n) is 5.01. The minimum absolute atomic E-state index is 0.0721. The van der Waals surface area contributed by atoms with Gasteiger partial charge in [0.25, 0.3) is 0 Å². The highest BCUT2D eigenvalue weighted by atomic mass is 19.4. The molecule has 2 rings (SSSR count). The minimum atomic E-state index is -4.56. The van der Waals surface area contributed by atoms with E-state index in [1.54, 1.807) is 12.1 Å². The Bertz CT molecular complexity index is 657. The standard InChI is InChI=1S/C16H14F3NO/c1-10-5-11(2)7-12(6-10)8-15(21)13-9-20-4-3-14(13)16(17,18)19/h3-7,9H,8H2,1-2H3. The van der Waals surface area contributed by atoms with Crippen molar-refractivity contribution >= 4 is 5.78 Å². The lowest BCUT2D eigenvalue weighted by Gasteiger charge is -2.11. The summed E-state index contributed by atoms with van der Waals surface area (Å²) in [5.41, 5.74) is 1.32. The average molecular weight is 293 g/mol. The Morgan fingerprint density at radius 1 is 1.14 bits per heavy atom. The number of carbonyl (C=O) groups excluding carboxylic acids is 1. The first-order chi connectivity index (χ1) is 9.77. The third-order valence-corrected chi connectivity index (χ3v) is 3.07. The number of nitrogens with zero attached hydrogens (tertiary/aromatic N) is 1. The van der Waals surface area contributed by atoms with Gasteiger partial charge in [-0.05, 0) is 25.5 Å². The molecule has 2 aromatic rings. The Labute approximate surface area is 120 Å². The van der Waals surface area contributed by atoms with Crippen LogP contribution in [0.4, 0.5) is 13.2 Å². The van der Waals surface area contributed by atoms with E-state index in [4.69, 9.17) is 0 Å². The molecule has 5 heteroatoms. The van der Waals surface area contributed by atoms with Gasteiger partial charge in [0.15, 0.2) is 5.78 Å². The number of aromatic nitrogens is 1. The van der Waals surface area contributed by atoms with E-state index < -0.39 is 17.5 Å². The summed E-state index contributed by atoms with van der Waals surface area (Å²) in [7, 11) is 0. The molecule has 0 amide bonds. The molecule has 0 saturated heterocycles. The van der Waals surface area contributed by atoms with Gasteiger partial charge in [-0.1, -0.05) is 29.3 Å². The van der Waals surface area contributed by atoms with Gasteiger partial charge in [-0.15, -0.1) is 0 Å². The van der Waals surface area contributed by atoms with Crippen LogP contribution >= 0.6 is 0 Å². The van der Waals surface area contributed by atoms with Crippen LogP contribution in [-0.4, -0.2) is 10.8 Å². The largest absolute Gasteiger partial charge is 0.417 e. The molecular weight excluding hydrogens is 279 g/mol. The SMILES string of the molecule is Cc1cc(C)cc(CC(=O)c2cnccc2C(F)(F)F)c1. The van der Waals surface area contributed by atoms with Gasteiger partial charge in [0.05, 0.1) is 5.56 Å². The van der Waals surface area contributed by atoms with Crippen LogP contribution in [0.15, 0.2) is 36.7 Å². The zero-order valence-electron chi connectivity index (χ0n) is 11.7. The molecule has 0 aliphatic carbocycles. The number of alkyl halides is 3. The highest BCUT2D eigenvalue weighted by molar-refractivity contribution is 5.98. The number of benzene rings is 1.